The fourth-order valence-electron chi connectivity index (χ4n) is 2.66. The summed E-state index contributed by atoms with van der Waals surface area (Å²) in [6.07, 6.45) is -4.35. The zero-order chi connectivity index (χ0) is 15.0. The van der Waals surface area contributed by atoms with Crippen LogP contribution in [-0.2, 0) is 0 Å². The second-order valence-corrected chi connectivity index (χ2v) is 5.81. The molecule has 1 fully saturated rings. The first-order valence-corrected chi connectivity index (χ1v) is 7.36. The third kappa shape index (κ3) is 2.97. The van der Waals surface area contributed by atoms with Crippen LogP contribution >= 0.6 is 15.9 Å². The standard InChI is InChI=1S/C13H14BrF3N2O2/c14-9-6-11-10(20-7-21-11)5-8(9)12(13(15,16)17)19-3-1-18-2-4-19/h5-6,12,18H,1-4,7H2/t12-/m1/s1. The minimum Gasteiger partial charge on any atom is -0.454 e. The van der Waals surface area contributed by atoms with Crippen LogP contribution in [0.4, 0.5) is 13.2 Å². The highest BCUT2D eigenvalue weighted by Gasteiger charge is 2.46. The number of piperazine rings is 1. The number of nitrogens with one attached hydrogen (secondary N) is 1. The van der Waals surface area contributed by atoms with E-state index in [9.17, 15) is 13.2 Å². The van der Waals surface area contributed by atoms with Crippen molar-refractivity contribution in [1.82, 2.24) is 10.2 Å². The second kappa shape index (κ2) is 5.66. The number of benzene rings is 1. The van der Waals surface area contributed by atoms with E-state index in [-0.39, 0.29) is 12.4 Å². The van der Waals surface area contributed by atoms with Crippen molar-refractivity contribution in [3.63, 3.8) is 0 Å². The molecule has 0 aromatic heterocycles. The zero-order valence-corrected chi connectivity index (χ0v) is 12.6. The molecule has 3 rings (SSSR count). The van der Waals surface area contributed by atoms with E-state index < -0.39 is 12.2 Å². The first-order valence-electron chi connectivity index (χ1n) is 6.57. The molecule has 116 valence electrons. The summed E-state index contributed by atoms with van der Waals surface area (Å²) in [6.45, 7) is 1.84. The summed E-state index contributed by atoms with van der Waals surface area (Å²) < 4.78 is 51.5. The van der Waals surface area contributed by atoms with Gasteiger partial charge in [0.1, 0.15) is 6.04 Å². The topological polar surface area (TPSA) is 33.7 Å². The minimum atomic E-state index is -4.35. The summed E-state index contributed by atoms with van der Waals surface area (Å²) in [4.78, 5) is 1.44. The summed E-state index contributed by atoms with van der Waals surface area (Å²) >= 11 is 3.23. The van der Waals surface area contributed by atoms with Crippen LogP contribution in [0.5, 0.6) is 11.5 Å². The van der Waals surface area contributed by atoms with Crippen molar-refractivity contribution in [3.8, 4) is 11.5 Å². The minimum absolute atomic E-state index is 0.0372. The van der Waals surface area contributed by atoms with Crippen molar-refractivity contribution in [1.29, 1.82) is 0 Å². The summed E-state index contributed by atoms with van der Waals surface area (Å²) in [7, 11) is 0. The lowest BCUT2D eigenvalue weighted by Gasteiger charge is -2.36. The Bertz CT molecular complexity index is 533. The lowest BCUT2D eigenvalue weighted by Crippen LogP contribution is -2.49. The molecule has 4 nitrogen and oxygen atoms in total. The van der Waals surface area contributed by atoms with Gasteiger partial charge in [-0.25, -0.2) is 0 Å². The Morgan fingerprint density at radius 3 is 2.38 bits per heavy atom. The SMILES string of the molecule is FC(F)(F)[C@@H](c1cc2c(cc1Br)OCO2)N1CCNCC1. The number of ether oxygens (including phenoxy) is 2. The highest BCUT2D eigenvalue weighted by atomic mass is 79.9. The van der Waals surface area contributed by atoms with Crippen molar-refractivity contribution in [3.05, 3.63) is 22.2 Å². The quantitative estimate of drug-likeness (QED) is 0.872. The Kier molecular flexibility index (Phi) is 4.02. The van der Waals surface area contributed by atoms with E-state index in [4.69, 9.17) is 9.47 Å². The lowest BCUT2D eigenvalue weighted by molar-refractivity contribution is -0.188. The summed E-state index contributed by atoms with van der Waals surface area (Å²) in [5.41, 5.74) is 0.161. The predicted octanol–water partition coefficient (Wildman–Crippen LogP) is 2.69. The van der Waals surface area contributed by atoms with Gasteiger partial charge >= 0.3 is 6.18 Å². The van der Waals surface area contributed by atoms with Crippen LogP contribution in [0.15, 0.2) is 16.6 Å². The molecule has 0 aliphatic carbocycles. The zero-order valence-electron chi connectivity index (χ0n) is 11.0. The molecule has 2 aliphatic heterocycles. The van der Waals surface area contributed by atoms with Gasteiger partial charge in [0.15, 0.2) is 11.5 Å². The largest absolute Gasteiger partial charge is 0.454 e. The number of alkyl halides is 3. The number of hydrogen-bond donors (Lipinski definition) is 1. The van der Waals surface area contributed by atoms with Crippen molar-refractivity contribution in [2.75, 3.05) is 33.0 Å². The van der Waals surface area contributed by atoms with E-state index >= 15 is 0 Å². The van der Waals surface area contributed by atoms with Crippen molar-refractivity contribution < 1.29 is 22.6 Å². The molecular weight excluding hydrogens is 353 g/mol. The average molecular weight is 367 g/mol. The molecule has 21 heavy (non-hydrogen) atoms. The van der Waals surface area contributed by atoms with E-state index in [0.717, 1.165) is 0 Å². The summed E-state index contributed by atoms with van der Waals surface area (Å²) in [5, 5.41) is 3.06. The molecule has 0 radical (unpaired) electrons. The van der Waals surface area contributed by atoms with Gasteiger partial charge in [-0.2, -0.15) is 13.2 Å². The molecular formula is C13H14BrF3N2O2. The van der Waals surface area contributed by atoms with Crippen LogP contribution in [0.2, 0.25) is 0 Å². The normalized spacial score (nSPS) is 20.6. The molecule has 8 heteroatoms. The number of hydrogen-bond acceptors (Lipinski definition) is 4. The van der Waals surface area contributed by atoms with Crippen LogP contribution in [0, 0.1) is 0 Å². The number of fused-ring (bicyclic) bond motifs is 1. The maximum absolute atomic E-state index is 13.6. The van der Waals surface area contributed by atoms with Crippen LogP contribution in [-0.4, -0.2) is 44.0 Å². The van der Waals surface area contributed by atoms with Crippen LogP contribution in [0.3, 0.4) is 0 Å². The van der Waals surface area contributed by atoms with Gasteiger partial charge in [0.05, 0.1) is 0 Å². The molecule has 2 aliphatic rings. The third-order valence-electron chi connectivity index (χ3n) is 3.61. The first kappa shape index (κ1) is 14.9. The Morgan fingerprint density at radius 1 is 1.14 bits per heavy atom. The molecule has 0 bridgehead atoms. The molecule has 0 saturated carbocycles. The van der Waals surface area contributed by atoms with Crippen molar-refractivity contribution in [2.24, 2.45) is 0 Å². The average Bonchev–Trinajstić information content (AvgIpc) is 2.86. The Balaban J connectivity index is 2.00. The molecule has 0 amide bonds. The number of nitrogens with zero attached hydrogens (tertiary/aromatic N) is 1. The van der Waals surface area contributed by atoms with E-state index in [1.54, 1.807) is 6.07 Å². The van der Waals surface area contributed by atoms with Gasteiger partial charge in [0.2, 0.25) is 6.79 Å². The van der Waals surface area contributed by atoms with E-state index in [2.05, 4.69) is 21.2 Å². The number of halogens is 4. The molecule has 1 saturated heterocycles. The monoisotopic (exact) mass is 366 g/mol. The Morgan fingerprint density at radius 2 is 1.76 bits per heavy atom. The fraction of sp³-hybridized carbons (Fsp3) is 0.538. The first-order chi connectivity index (χ1) is 9.97. The molecule has 0 unspecified atom stereocenters. The molecule has 2 heterocycles. The lowest BCUT2D eigenvalue weighted by atomic mass is 10.0. The maximum Gasteiger partial charge on any atom is 0.408 e. The van der Waals surface area contributed by atoms with Gasteiger partial charge in [-0.15, -0.1) is 0 Å². The second-order valence-electron chi connectivity index (χ2n) is 4.96. The van der Waals surface area contributed by atoms with E-state index in [1.807, 2.05) is 0 Å². The summed E-state index contributed by atoms with van der Waals surface area (Å²) in [5.74, 6) is 0.824. The molecule has 1 aromatic carbocycles. The van der Waals surface area contributed by atoms with Crippen LogP contribution < -0.4 is 14.8 Å². The van der Waals surface area contributed by atoms with Gasteiger partial charge in [-0.1, -0.05) is 15.9 Å². The number of rotatable bonds is 2. The van der Waals surface area contributed by atoms with Gasteiger partial charge in [-0.3, -0.25) is 4.90 Å². The van der Waals surface area contributed by atoms with Gasteiger partial charge in [0.25, 0.3) is 0 Å². The molecule has 1 N–H and O–H groups in total. The van der Waals surface area contributed by atoms with Crippen LogP contribution in [0.1, 0.15) is 11.6 Å². The maximum atomic E-state index is 13.6. The Labute approximate surface area is 128 Å². The predicted molar refractivity (Wildman–Crippen MR) is 73.5 cm³/mol. The fourth-order valence-corrected chi connectivity index (χ4v) is 3.20. The van der Waals surface area contributed by atoms with E-state index in [1.165, 1.54) is 11.0 Å². The van der Waals surface area contributed by atoms with Crippen molar-refractivity contribution in [2.45, 2.75) is 12.2 Å². The van der Waals surface area contributed by atoms with Gasteiger partial charge < -0.3 is 14.8 Å². The van der Waals surface area contributed by atoms with E-state index in [0.29, 0.717) is 42.2 Å². The van der Waals surface area contributed by atoms with Gasteiger partial charge in [-0.05, 0) is 17.7 Å². The smallest absolute Gasteiger partial charge is 0.408 e. The van der Waals surface area contributed by atoms with Gasteiger partial charge in [0, 0.05) is 30.7 Å². The summed E-state index contributed by atoms with van der Waals surface area (Å²) in [6, 6.07) is 1.31. The highest BCUT2D eigenvalue weighted by molar-refractivity contribution is 9.10. The van der Waals surface area contributed by atoms with Crippen LogP contribution in [0.25, 0.3) is 0 Å². The molecule has 1 aromatic rings. The molecule has 1 atom stereocenters. The molecule has 0 spiro atoms. The highest BCUT2D eigenvalue weighted by Crippen LogP contribution is 2.45. The third-order valence-corrected chi connectivity index (χ3v) is 4.30. The van der Waals surface area contributed by atoms with Crippen molar-refractivity contribution >= 4 is 15.9 Å². The Hall–Kier alpha value is -0.990.